The van der Waals surface area contributed by atoms with Crippen molar-refractivity contribution < 1.29 is 19.0 Å². The first kappa shape index (κ1) is 17.0. The third-order valence-electron chi connectivity index (χ3n) is 3.53. The van der Waals surface area contributed by atoms with Gasteiger partial charge in [-0.3, -0.25) is 0 Å². The van der Waals surface area contributed by atoms with Gasteiger partial charge in [0.1, 0.15) is 11.5 Å². The zero-order valence-corrected chi connectivity index (χ0v) is 13.7. The minimum Gasteiger partial charge on any atom is -0.497 e. The molecule has 2 aromatic carbocycles. The number of benzene rings is 2. The number of carbonyl (C=O) groups is 1. The van der Waals surface area contributed by atoms with Crippen LogP contribution in [-0.2, 0) is 22.6 Å². The first-order chi connectivity index (χ1) is 11.1. The monoisotopic (exact) mass is 314 g/mol. The molecule has 1 atom stereocenters. The van der Waals surface area contributed by atoms with Crippen molar-refractivity contribution in [1.29, 1.82) is 0 Å². The number of hydrogen-bond acceptors (Lipinski definition) is 4. The van der Waals surface area contributed by atoms with Crippen molar-refractivity contribution in [3.05, 3.63) is 59.7 Å². The third kappa shape index (κ3) is 4.83. The number of hydrogen-bond donors (Lipinski definition) is 0. The summed E-state index contributed by atoms with van der Waals surface area (Å²) >= 11 is 0. The predicted octanol–water partition coefficient (Wildman–Crippen LogP) is 3.77. The van der Waals surface area contributed by atoms with Gasteiger partial charge in [-0.05, 0) is 42.7 Å². The number of methoxy groups -OCH3 is 1. The van der Waals surface area contributed by atoms with E-state index in [-0.39, 0.29) is 0 Å². The highest BCUT2D eigenvalue weighted by Crippen LogP contribution is 2.19. The number of para-hydroxylation sites is 1. The first-order valence-corrected chi connectivity index (χ1v) is 7.68. The highest BCUT2D eigenvalue weighted by molar-refractivity contribution is 5.77. The van der Waals surface area contributed by atoms with Crippen LogP contribution in [0, 0.1) is 0 Å². The summed E-state index contributed by atoms with van der Waals surface area (Å²) in [5, 5.41) is 0. The highest BCUT2D eigenvalue weighted by atomic mass is 16.6. The quantitative estimate of drug-likeness (QED) is 0.576. The molecular formula is C19H22O4. The molecule has 2 aromatic rings. The first-order valence-electron chi connectivity index (χ1n) is 7.68. The molecule has 0 aromatic heterocycles. The van der Waals surface area contributed by atoms with Gasteiger partial charge in [0.25, 0.3) is 0 Å². The summed E-state index contributed by atoms with van der Waals surface area (Å²) in [4.78, 5) is 12.2. The zero-order valence-electron chi connectivity index (χ0n) is 13.7. The summed E-state index contributed by atoms with van der Waals surface area (Å²) in [6.07, 6.45) is 0.161. The molecule has 0 spiro atoms. The summed E-state index contributed by atoms with van der Waals surface area (Å²) in [5.41, 5.74) is 1.94. The number of carbonyl (C=O) groups excluding carboxylic acids is 1. The van der Waals surface area contributed by atoms with Crippen LogP contribution in [0.3, 0.4) is 0 Å². The Hall–Kier alpha value is -2.33. The maximum Gasteiger partial charge on any atom is 0.340 e. The van der Waals surface area contributed by atoms with Crippen LogP contribution in [0.5, 0.6) is 11.5 Å². The van der Waals surface area contributed by atoms with Crippen LogP contribution in [0.2, 0.25) is 0 Å². The number of esters is 1. The number of ether oxygens (including phenoxy) is 3. The summed E-state index contributed by atoms with van der Waals surface area (Å²) in [5.74, 6) is 0.962. The molecule has 0 heterocycles. The fraction of sp³-hybridized carbons (Fsp3) is 0.316. The van der Waals surface area contributed by atoms with Gasteiger partial charge in [0.05, 0.1) is 13.7 Å². The molecule has 4 heteroatoms. The lowest BCUT2D eigenvalue weighted by Gasteiger charge is -2.14. The average molecular weight is 314 g/mol. The molecule has 0 bridgehead atoms. The van der Waals surface area contributed by atoms with Gasteiger partial charge >= 0.3 is 5.97 Å². The highest BCUT2D eigenvalue weighted by Gasteiger charge is 2.17. The molecule has 0 saturated heterocycles. The van der Waals surface area contributed by atoms with Gasteiger partial charge < -0.3 is 14.2 Å². The smallest absolute Gasteiger partial charge is 0.340 e. The van der Waals surface area contributed by atoms with E-state index in [1.807, 2.05) is 49.4 Å². The maximum atomic E-state index is 12.2. The van der Waals surface area contributed by atoms with Crippen LogP contribution >= 0.6 is 0 Å². The Morgan fingerprint density at radius 3 is 2.65 bits per heavy atom. The fourth-order valence-corrected chi connectivity index (χ4v) is 2.14. The van der Waals surface area contributed by atoms with E-state index >= 15 is 0 Å². The summed E-state index contributed by atoms with van der Waals surface area (Å²) in [7, 11) is 1.62. The molecular weight excluding hydrogens is 292 g/mol. The third-order valence-corrected chi connectivity index (χ3v) is 3.53. The van der Waals surface area contributed by atoms with Gasteiger partial charge in [-0.2, -0.15) is 0 Å². The Balaban J connectivity index is 1.92. The standard InChI is InChI=1S/C19H22O4/c1-4-16-9-5-6-11-18(16)23-19(20)14(2)22-13-15-8-7-10-17(12-15)21-3/h5-12,14H,4,13H2,1-3H3. The van der Waals surface area contributed by atoms with Gasteiger partial charge in [-0.25, -0.2) is 4.79 Å². The molecule has 122 valence electrons. The summed E-state index contributed by atoms with van der Waals surface area (Å²) < 4.78 is 16.2. The summed E-state index contributed by atoms with van der Waals surface area (Å²) in [6.45, 7) is 4.04. The normalized spacial score (nSPS) is 11.8. The van der Waals surface area contributed by atoms with E-state index in [0.29, 0.717) is 12.4 Å². The topological polar surface area (TPSA) is 44.8 Å². The van der Waals surface area contributed by atoms with E-state index in [1.54, 1.807) is 20.1 Å². The molecule has 0 saturated carbocycles. The van der Waals surface area contributed by atoms with Gasteiger partial charge in [0.2, 0.25) is 0 Å². The Morgan fingerprint density at radius 1 is 1.13 bits per heavy atom. The SMILES string of the molecule is CCc1ccccc1OC(=O)C(C)OCc1cccc(OC)c1. The van der Waals surface area contributed by atoms with Crippen molar-refractivity contribution in [2.45, 2.75) is 33.0 Å². The van der Waals surface area contributed by atoms with Crippen molar-refractivity contribution in [3.8, 4) is 11.5 Å². The van der Waals surface area contributed by atoms with Gasteiger partial charge in [0.15, 0.2) is 6.10 Å². The number of rotatable bonds is 7. The van der Waals surface area contributed by atoms with Crippen LogP contribution in [0.4, 0.5) is 0 Å². The van der Waals surface area contributed by atoms with E-state index in [2.05, 4.69) is 0 Å². The lowest BCUT2D eigenvalue weighted by atomic mass is 10.1. The Kier molecular flexibility index (Phi) is 6.18. The van der Waals surface area contributed by atoms with E-state index in [0.717, 1.165) is 23.3 Å². The molecule has 2 rings (SSSR count). The second-order valence-electron chi connectivity index (χ2n) is 5.19. The van der Waals surface area contributed by atoms with E-state index in [1.165, 1.54) is 0 Å². The second kappa shape index (κ2) is 8.34. The Morgan fingerprint density at radius 2 is 1.91 bits per heavy atom. The fourth-order valence-electron chi connectivity index (χ4n) is 2.14. The molecule has 0 aliphatic carbocycles. The zero-order chi connectivity index (χ0) is 16.7. The Bertz CT molecular complexity index is 651. The van der Waals surface area contributed by atoms with Crippen LogP contribution in [0.25, 0.3) is 0 Å². The molecule has 0 aliphatic rings. The minimum atomic E-state index is -0.647. The maximum absolute atomic E-state index is 12.2. The van der Waals surface area contributed by atoms with Gasteiger partial charge in [0, 0.05) is 0 Å². The molecule has 1 unspecified atom stereocenters. The van der Waals surface area contributed by atoms with E-state index in [4.69, 9.17) is 14.2 Å². The molecule has 0 N–H and O–H groups in total. The predicted molar refractivity (Wildman–Crippen MR) is 88.7 cm³/mol. The van der Waals surface area contributed by atoms with Crippen LogP contribution in [-0.4, -0.2) is 19.2 Å². The van der Waals surface area contributed by atoms with Crippen LogP contribution in [0.1, 0.15) is 25.0 Å². The van der Waals surface area contributed by atoms with E-state index < -0.39 is 12.1 Å². The molecule has 0 radical (unpaired) electrons. The average Bonchev–Trinajstić information content (AvgIpc) is 2.60. The van der Waals surface area contributed by atoms with Gasteiger partial charge in [-0.15, -0.1) is 0 Å². The molecule has 0 amide bonds. The summed E-state index contributed by atoms with van der Waals surface area (Å²) in [6, 6.07) is 15.1. The van der Waals surface area contributed by atoms with Crippen molar-refractivity contribution >= 4 is 5.97 Å². The van der Waals surface area contributed by atoms with Crippen molar-refractivity contribution in [2.24, 2.45) is 0 Å². The minimum absolute atomic E-state index is 0.322. The Labute approximate surface area is 137 Å². The lowest BCUT2D eigenvalue weighted by molar-refractivity contribution is -0.147. The molecule has 23 heavy (non-hydrogen) atoms. The van der Waals surface area contributed by atoms with Crippen molar-refractivity contribution in [2.75, 3.05) is 7.11 Å². The molecule has 0 fully saturated rings. The lowest BCUT2D eigenvalue weighted by Crippen LogP contribution is -2.26. The largest absolute Gasteiger partial charge is 0.497 e. The van der Waals surface area contributed by atoms with Gasteiger partial charge in [-0.1, -0.05) is 37.3 Å². The van der Waals surface area contributed by atoms with Crippen LogP contribution < -0.4 is 9.47 Å². The van der Waals surface area contributed by atoms with Crippen molar-refractivity contribution in [1.82, 2.24) is 0 Å². The number of aryl methyl sites for hydroxylation is 1. The van der Waals surface area contributed by atoms with Crippen molar-refractivity contribution in [3.63, 3.8) is 0 Å². The second-order valence-corrected chi connectivity index (χ2v) is 5.19. The van der Waals surface area contributed by atoms with Crippen LogP contribution in [0.15, 0.2) is 48.5 Å². The van der Waals surface area contributed by atoms with E-state index in [9.17, 15) is 4.79 Å². The molecule has 4 nitrogen and oxygen atoms in total. The molecule has 0 aliphatic heterocycles.